The zero-order valence-electron chi connectivity index (χ0n) is 3.88. The van der Waals surface area contributed by atoms with Crippen LogP contribution in [-0.2, 0) is 30.8 Å². The molecule has 50 valence electrons. The Balaban J connectivity index is -0.0000000720. The smallest absolute Gasteiger partial charge is 0.854 e. The van der Waals surface area contributed by atoms with Crippen molar-refractivity contribution in [3.05, 3.63) is 0 Å². The van der Waals surface area contributed by atoms with Crippen LogP contribution in [0.4, 0.5) is 0 Å². The maximum Gasteiger partial charge on any atom is 4.00 e. The average Bonchev–Trinajstić information content (AvgIpc) is 1.25. The van der Waals surface area contributed by atoms with E-state index in [2.05, 4.69) is 0 Å². The van der Waals surface area contributed by atoms with Crippen LogP contribution in [-0.4, -0.2) is 4.89 Å². The minimum absolute atomic E-state index is 0. The van der Waals surface area contributed by atoms with Crippen LogP contribution in [0.5, 0.6) is 0 Å². The van der Waals surface area contributed by atoms with E-state index >= 15 is 0 Å². The molecule has 0 rings (SSSR count). The van der Waals surface area contributed by atoms with Gasteiger partial charge in [-0.2, -0.15) is 4.89 Å². The molecular formula is HO6P2Zr+. The molecule has 0 amide bonds. The van der Waals surface area contributed by atoms with Crippen molar-refractivity contribution in [3.8, 4) is 0 Å². The molecule has 9 heteroatoms. The second kappa shape index (κ2) is 11.9. The van der Waals surface area contributed by atoms with Crippen LogP contribution in [0.2, 0.25) is 0 Å². The van der Waals surface area contributed by atoms with E-state index in [1.54, 1.807) is 0 Å². The summed E-state index contributed by atoms with van der Waals surface area (Å²) in [5, 5.41) is 0. The monoisotopic (exact) mass is 249 g/mol. The molecule has 0 saturated heterocycles. The van der Waals surface area contributed by atoms with E-state index in [1.807, 2.05) is 0 Å². The standard InChI is InChI=1S/HO3P.O3P.Zr/c2*1-4(2)3;/h(H,1,2,3);;/q;-3;+4. The van der Waals surface area contributed by atoms with Gasteiger partial charge in [-0.25, -0.2) is 0 Å². The Bertz CT molecular complexity index is 55.3. The topological polar surface area (TPSA) is 130 Å². The average molecular weight is 250 g/mol. The Morgan fingerprint density at radius 1 is 1.33 bits per heavy atom. The van der Waals surface area contributed by atoms with Gasteiger partial charge < -0.3 is 28.2 Å². The van der Waals surface area contributed by atoms with E-state index in [9.17, 15) is 0 Å². The maximum atomic E-state index is 8.59. The van der Waals surface area contributed by atoms with Crippen molar-refractivity contribution in [2.45, 2.75) is 0 Å². The van der Waals surface area contributed by atoms with Gasteiger partial charge in [0, 0.05) is 0 Å². The van der Waals surface area contributed by atoms with Gasteiger partial charge in [0.15, 0.2) is 0 Å². The van der Waals surface area contributed by atoms with E-state index in [0.29, 0.717) is 0 Å². The fraction of sp³-hybridized carbons (Fsp3) is 0. The summed E-state index contributed by atoms with van der Waals surface area (Å²) in [5.74, 6) is 0. The second-order valence-corrected chi connectivity index (χ2v) is 1.38. The zero-order chi connectivity index (χ0) is 7.15. The SMILES string of the molecule is O=[P+]([O-])O.[O-]P([O-])[O-].[Zr+4]. The number of hydrogen-bond acceptors (Lipinski definition) is 5. The fourth-order valence-electron chi connectivity index (χ4n) is 0. The Hall–Kier alpha value is 1.21. The van der Waals surface area contributed by atoms with E-state index in [1.165, 1.54) is 0 Å². The maximum absolute atomic E-state index is 8.59. The largest absolute Gasteiger partial charge is 4.00 e. The van der Waals surface area contributed by atoms with Crippen LogP contribution in [0.1, 0.15) is 0 Å². The summed E-state index contributed by atoms with van der Waals surface area (Å²) in [6.45, 7) is 0. The van der Waals surface area contributed by atoms with Gasteiger partial charge in [0.1, 0.15) is 0 Å². The molecule has 0 aliphatic carbocycles. The van der Waals surface area contributed by atoms with E-state index in [-0.39, 0.29) is 26.2 Å². The molecule has 1 N–H and O–H groups in total. The van der Waals surface area contributed by atoms with Gasteiger partial charge in [0.05, 0.1) is 0 Å². The zero-order valence-corrected chi connectivity index (χ0v) is 8.13. The fourth-order valence-corrected chi connectivity index (χ4v) is 0. The second-order valence-electron chi connectivity index (χ2n) is 0.461. The van der Waals surface area contributed by atoms with E-state index in [0.717, 1.165) is 0 Å². The van der Waals surface area contributed by atoms with Gasteiger partial charge in [-0.3, -0.25) is 0 Å². The molecule has 0 aliphatic rings. The summed E-state index contributed by atoms with van der Waals surface area (Å²) < 4.78 is 8.59. The molecule has 0 aromatic rings. The molecule has 0 bridgehead atoms. The van der Waals surface area contributed by atoms with Gasteiger partial charge in [-0.05, 0) is 4.57 Å². The van der Waals surface area contributed by atoms with Gasteiger partial charge in [-0.15, -0.1) is 0 Å². The Labute approximate surface area is 72.2 Å². The summed E-state index contributed by atoms with van der Waals surface area (Å²) >= 11 is 0. The van der Waals surface area contributed by atoms with Crippen molar-refractivity contribution in [2.75, 3.05) is 0 Å². The third kappa shape index (κ3) is 326. The molecule has 9 heavy (non-hydrogen) atoms. The Morgan fingerprint density at radius 2 is 1.33 bits per heavy atom. The molecule has 6 nitrogen and oxygen atoms in total. The summed E-state index contributed by atoms with van der Waals surface area (Å²) in [6, 6.07) is 0. The van der Waals surface area contributed by atoms with E-state index in [4.69, 9.17) is 29.0 Å². The first-order chi connectivity index (χ1) is 3.46. The van der Waals surface area contributed by atoms with Crippen LogP contribution in [0.25, 0.3) is 0 Å². The van der Waals surface area contributed by atoms with E-state index < -0.39 is 16.9 Å². The van der Waals surface area contributed by atoms with Crippen LogP contribution < -0.4 is 19.6 Å². The summed E-state index contributed by atoms with van der Waals surface area (Å²) in [5.41, 5.74) is 0. The molecule has 0 aliphatic heterocycles. The van der Waals surface area contributed by atoms with Crippen LogP contribution in [0.3, 0.4) is 0 Å². The molecule has 0 heterocycles. The minimum Gasteiger partial charge on any atom is -0.854 e. The molecule has 0 saturated carbocycles. The summed E-state index contributed by atoms with van der Waals surface area (Å²) in [7, 11) is -6.49. The molecule has 0 aromatic heterocycles. The summed E-state index contributed by atoms with van der Waals surface area (Å²) in [4.78, 5) is 41.0. The Kier molecular flexibility index (Phi) is 22.1. The first-order valence-corrected chi connectivity index (χ1v) is 3.34. The first kappa shape index (κ1) is 16.7. The van der Waals surface area contributed by atoms with Crippen LogP contribution in [0, 0.1) is 0 Å². The molecule has 0 fully saturated rings. The van der Waals surface area contributed by atoms with Crippen molar-refractivity contribution >= 4 is 16.9 Å². The van der Waals surface area contributed by atoms with Gasteiger partial charge in [0.25, 0.3) is 0 Å². The molecule has 0 spiro atoms. The third-order valence-electron chi connectivity index (χ3n) is 0. The van der Waals surface area contributed by atoms with Crippen molar-refractivity contribution < 1.29 is 55.2 Å². The number of rotatable bonds is 0. The van der Waals surface area contributed by atoms with Crippen LogP contribution >= 0.6 is 16.9 Å². The van der Waals surface area contributed by atoms with Crippen molar-refractivity contribution in [3.63, 3.8) is 0 Å². The van der Waals surface area contributed by atoms with Crippen molar-refractivity contribution in [1.29, 1.82) is 0 Å². The predicted octanol–water partition coefficient (Wildman–Crippen LogP) is -3.71. The summed E-state index contributed by atoms with van der Waals surface area (Å²) in [6.07, 6.45) is 0. The first-order valence-electron chi connectivity index (χ1n) is 1.11. The van der Waals surface area contributed by atoms with Crippen molar-refractivity contribution in [1.82, 2.24) is 0 Å². The Morgan fingerprint density at radius 3 is 1.33 bits per heavy atom. The molecule has 0 aromatic carbocycles. The third-order valence-corrected chi connectivity index (χ3v) is 0. The van der Waals surface area contributed by atoms with Crippen molar-refractivity contribution in [2.24, 2.45) is 0 Å². The normalized spacial score (nSPS) is 8.89. The number of hydrogen-bond donors (Lipinski definition) is 1. The molecule has 1 atom stereocenters. The minimum atomic E-state index is -3.37. The predicted molar refractivity (Wildman–Crippen MR) is 16.7 cm³/mol. The van der Waals surface area contributed by atoms with Gasteiger partial charge >= 0.3 is 34.5 Å². The molecule has 1 unspecified atom stereocenters. The van der Waals surface area contributed by atoms with Gasteiger partial charge in [0.2, 0.25) is 0 Å². The quantitative estimate of drug-likeness (QED) is 0.440. The van der Waals surface area contributed by atoms with Gasteiger partial charge in [-0.1, -0.05) is 0 Å². The molecular weight excluding hydrogens is 249 g/mol. The molecule has 0 radical (unpaired) electrons. The van der Waals surface area contributed by atoms with Crippen LogP contribution in [0.15, 0.2) is 0 Å².